The predicted octanol–water partition coefficient (Wildman–Crippen LogP) is 4.33. The maximum Gasteiger partial charge on any atom is 0.259 e. The first-order valence-corrected chi connectivity index (χ1v) is 8.51. The Balaban J connectivity index is 1.74. The average Bonchev–Trinajstić information content (AvgIpc) is 2.98. The molecule has 138 valence electrons. The Kier molecular flexibility index (Phi) is 5.35. The summed E-state index contributed by atoms with van der Waals surface area (Å²) in [5, 5.41) is 6.72. The van der Waals surface area contributed by atoms with Crippen LogP contribution in [0.4, 0.5) is 5.69 Å². The highest BCUT2D eigenvalue weighted by atomic mass is 16.5. The number of nitrogens with one attached hydrogen (secondary N) is 1. The first-order valence-electron chi connectivity index (χ1n) is 8.51. The number of anilines is 1. The number of Topliss-reactive ketones (excluding diaryl/α,β-unsaturated/α-hetero) is 1. The molecule has 1 heterocycles. The zero-order chi connectivity index (χ0) is 19.4. The molecule has 0 bridgehead atoms. The van der Waals surface area contributed by atoms with E-state index in [0.717, 1.165) is 11.3 Å². The maximum atomic E-state index is 12.7. The van der Waals surface area contributed by atoms with Crippen LogP contribution < -0.4 is 10.1 Å². The van der Waals surface area contributed by atoms with Crippen LogP contribution in [0.15, 0.2) is 53.1 Å². The highest BCUT2D eigenvalue weighted by molar-refractivity contribution is 6.06. The van der Waals surface area contributed by atoms with E-state index in [1.54, 1.807) is 48.5 Å². The summed E-state index contributed by atoms with van der Waals surface area (Å²) in [6.07, 6.45) is 0. The van der Waals surface area contributed by atoms with Crippen molar-refractivity contribution in [1.29, 1.82) is 0 Å². The fraction of sp³-hybridized carbons (Fsp3) is 0.190. The predicted molar refractivity (Wildman–Crippen MR) is 101 cm³/mol. The van der Waals surface area contributed by atoms with Gasteiger partial charge >= 0.3 is 0 Å². The van der Waals surface area contributed by atoms with Gasteiger partial charge in [-0.05, 0) is 57.2 Å². The van der Waals surface area contributed by atoms with Crippen LogP contribution in [0.3, 0.4) is 0 Å². The zero-order valence-corrected chi connectivity index (χ0v) is 15.4. The van der Waals surface area contributed by atoms with Crippen LogP contribution in [0.5, 0.6) is 5.75 Å². The van der Waals surface area contributed by atoms with Crippen molar-refractivity contribution in [2.24, 2.45) is 0 Å². The van der Waals surface area contributed by atoms with Gasteiger partial charge in [-0.2, -0.15) is 0 Å². The van der Waals surface area contributed by atoms with Gasteiger partial charge in [0.2, 0.25) is 0 Å². The second kappa shape index (κ2) is 7.86. The smallest absolute Gasteiger partial charge is 0.259 e. The molecule has 3 rings (SSSR count). The Morgan fingerprint density at radius 2 is 1.78 bits per heavy atom. The number of hydrogen-bond donors (Lipinski definition) is 1. The quantitative estimate of drug-likeness (QED) is 0.659. The monoisotopic (exact) mass is 364 g/mol. The molecule has 27 heavy (non-hydrogen) atoms. The maximum absolute atomic E-state index is 12.7. The van der Waals surface area contributed by atoms with Crippen molar-refractivity contribution in [3.8, 4) is 5.75 Å². The minimum absolute atomic E-state index is 0.0223. The summed E-state index contributed by atoms with van der Waals surface area (Å²) < 4.78 is 11.0. The van der Waals surface area contributed by atoms with E-state index in [0.29, 0.717) is 28.3 Å². The molecule has 0 saturated heterocycles. The summed E-state index contributed by atoms with van der Waals surface area (Å²) >= 11 is 0. The van der Waals surface area contributed by atoms with Crippen molar-refractivity contribution in [1.82, 2.24) is 5.16 Å². The average molecular weight is 364 g/mol. The van der Waals surface area contributed by atoms with E-state index in [1.165, 1.54) is 6.92 Å². The molecule has 6 nitrogen and oxygen atoms in total. The van der Waals surface area contributed by atoms with Gasteiger partial charge in [0.15, 0.2) is 5.78 Å². The molecular formula is C21H20N2O4. The van der Waals surface area contributed by atoms with Gasteiger partial charge in [0, 0.05) is 11.3 Å². The number of nitrogens with zero attached hydrogens (tertiary/aromatic N) is 1. The van der Waals surface area contributed by atoms with Gasteiger partial charge in [0.05, 0.1) is 16.8 Å². The van der Waals surface area contributed by atoms with Gasteiger partial charge in [-0.15, -0.1) is 0 Å². The van der Waals surface area contributed by atoms with Crippen molar-refractivity contribution in [2.75, 3.05) is 5.32 Å². The van der Waals surface area contributed by atoms with Crippen LogP contribution in [0, 0.1) is 13.8 Å². The fourth-order valence-corrected chi connectivity index (χ4v) is 2.62. The van der Waals surface area contributed by atoms with E-state index in [2.05, 4.69) is 10.5 Å². The first-order chi connectivity index (χ1) is 13.0. The zero-order valence-electron chi connectivity index (χ0n) is 15.4. The summed E-state index contributed by atoms with van der Waals surface area (Å²) in [4.78, 5) is 24.0. The summed E-state index contributed by atoms with van der Waals surface area (Å²) in [6, 6.07) is 13.8. The van der Waals surface area contributed by atoms with Crippen LogP contribution in [-0.4, -0.2) is 16.8 Å². The van der Waals surface area contributed by atoms with E-state index in [4.69, 9.17) is 9.26 Å². The minimum atomic E-state index is -0.292. The number of aromatic nitrogens is 1. The van der Waals surface area contributed by atoms with Gasteiger partial charge in [-0.3, -0.25) is 9.59 Å². The minimum Gasteiger partial charge on any atom is -0.488 e. The number of para-hydroxylation sites is 1. The molecule has 0 aliphatic heterocycles. The molecule has 0 atom stereocenters. The second-order valence-electron chi connectivity index (χ2n) is 6.18. The van der Waals surface area contributed by atoms with Gasteiger partial charge in [-0.1, -0.05) is 17.3 Å². The summed E-state index contributed by atoms with van der Waals surface area (Å²) in [5.74, 6) is 0.848. The highest BCUT2D eigenvalue weighted by Gasteiger charge is 2.15. The lowest BCUT2D eigenvalue weighted by atomic mass is 10.1. The first kappa shape index (κ1) is 18.4. The molecule has 2 aromatic carbocycles. The van der Waals surface area contributed by atoms with Gasteiger partial charge in [-0.25, -0.2) is 0 Å². The number of carbonyl (C=O) groups excluding carboxylic acids is 2. The van der Waals surface area contributed by atoms with E-state index >= 15 is 0 Å². The molecular weight excluding hydrogens is 344 g/mol. The molecule has 0 aliphatic rings. The van der Waals surface area contributed by atoms with Crippen molar-refractivity contribution in [2.45, 2.75) is 27.4 Å². The molecule has 1 amide bonds. The topological polar surface area (TPSA) is 81.4 Å². The lowest BCUT2D eigenvalue weighted by molar-refractivity contribution is 0.101. The summed E-state index contributed by atoms with van der Waals surface area (Å²) in [6.45, 7) is 5.43. The molecule has 3 aromatic rings. The van der Waals surface area contributed by atoms with Crippen LogP contribution in [-0.2, 0) is 6.61 Å². The Bertz CT molecular complexity index is 955. The Hall–Kier alpha value is -3.41. The molecule has 0 fully saturated rings. The molecule has 1 N–H and O–H groups in total. The van der Waals surface area contributed by atoms with E-state index in [9.17, 15) is 9.59 Å². The van der Waals surface area contributed by atoms with Crippen LogP contribution >= 0.6 is 0 Å². The Morgan fingerprint density at radius 1 is 1.07 bits per heavy atom. The third-order valence-electron chi connectivity index (χ3n) is 4.23. The van der Waals surface area contributed by atoms with Gasteiger partial charge < -0.3 is 14.6 Å². The van der Waals surface area contributed by atoms with Crippen LogP contribution in [0.1, 0.15) is 44.7 Å². The Morgan fingerprint density at radius 3 is 2.41 bits per heavy atom. The molecule has 0 aliphatic carbocycles. The van der Waals surface area contributed by atoms with Crippen molar-refractivity contribution in [3.05, 3.63) is 76.7 Å². The lowest BCUT2D eigenvalue weighted by Crippen LogP contribution is -2.14. The number of ketones is 1. The number of hydrogen-bond acceptors (Lipinski definition) is 5. The molecule has 0 saturated carbocycles. The van der Waals surface area contributed by atoms with E-state index < -0.39 is 0 Å². The highest BCUT2D eigenvalue weighted by Crippen LogP contribution is 2.23. The number of amides is 1. The van der Waals surface area contributed by atoms with Gasteiger partial charge in [0.1, 0.15) is 18.1 Å². The van der Waals surface area contributed by atoms with Crippen molar-refractivity contribution in [3.63, 3.8) is 0 Å². The SMILES string of the molecule is CC(=O)c1ccc(NC(=O)c2ccccc2OCc2c(C)noc2C)cc1. The van der Waals surface area contributed by atoms with E-state index in [-0.39, 0.29) is 18.3 Å². The normalized spacial score (nSPS) is 10.5. The fourth-order valence-electron chi connectivity index (χ4n) is 2.62. The second-order valence-corrected chi connectivity index (χ2v) is 6.18. The largest absolute Gasteiger partial charge is 0.488 e. The molecule has 0 unspecified atom stereocenters. The van der Waals surface area contributed by atoms with Crippen LogP contribution in [0.2, 0.25) is 0 Å². The van der Waals surface area contributed by atoms with Crippen LogP contribution in [0.25, 0.3) is 0 Å². The third-order valence-corrected chi connectivity index (χ3v) is 4.23. The molecule has 0 radical (unpaired) electrons. The summed E-state index contributed by atoms with van der Waals surface area (Å²) in [5.41, 5.74) is 3.24. The van der Waals surface area contributed by atoms with Gasteiger partial charge in [0.25, 0.3) is 5.91 Å². The third kappa shape index (κ3) is 4.23. The van der Waals surface area contributed by atoms with Crippen molar-refractivity contribution < 1.29 is 18.8 Å². The standard InChI is InChI=1S/C21H20N2O4/c1-13-19(15(3)27-23-13)12-26-20-7-5-4-6-18(20)21(25)22-17-10-8-16(9-11-17)14(2)24/h4-11H,12H2,1-3H3,(H,22,25). The van der Waals surface area contributed by atoms with E-state index in [1.807, 2.05) is 13.8 Å². The van der Waals surface area contributed by atoms with Crippen molar-refractivity contribution >= 4 is 17.4 Å². The molecule has 0 spiro atoms. The number of rotatable bonds is 6. The number of carbonyl (C=O) groups is 2. The number of ether oxygens (including phenoxy) is 1. The lowest BCUT2D eigenvalue weighted by Gasteiger charge is -2.12. The number of benzene rings is 2. The number of aryl methyl sites for hydroxylation is 2. The molecule has 6 heteroatoms. The summed E-state index contributed by atoms with van der Waals surface area (Å²) in [7, 11) is 0. The Labute approximate surface area is 157 Å². The molecule has 1 aromatic heterocycles.